The molecule has 0 spiro atoms. The molecule has 2 heterocycles. The van der Waals surface area contributed by atoms with Crippen molar-refractivity contribution in [1.82, 2.24) is 19.9 Å². The number of hydrogen-bond donors (Lipinski definition) is 5. The summed E-state index contributed by atoms with van der Waals surface area (Å²) >= 11 is 0. The number of unbranched alkanes of at least 4 members (excludes halogenated alkanes) is 1. The maximum atomic E-state index is 11.0. The average molecular weight is 478 g/mol. The van der Waals surface area contributed by atoms with Crippen LogP contribution in [0.25, 0.3) is 21.9 Å². The Balaban J connectivity index is 0.00000108. The van der Waals surface area contributed by atoms with E-state index >= 15 is 0 Å². The number of para-hydroxylation sites is 1. The molecule has 2 aromatic carbocycles. The molecule has 186 valence electrons. The van der Waals surface area contributed by atoms with E-state index in [1.807, 2.05) is 24.3 Å². The van der Waals surface area contributed by atoms with E-state index < -0.39 is 0 Å². The number of benzene rings is 2. The molecule has 0 aliphatic rings. The normalized spacial score (nSPS) is 10.8. The molecule has 0 radical (unpaired) electrons. The largest absolute Gasteiger partial charge is 0.397 e. The van der Waals surface area contributed by atoms with Gasteiger partial charge in [-0.3, -0.25) is 4.79 Å². The summed E-state index contributed by atoms with van der Waals surface area (Å²) in [6, 6.07) is 16.5. The molecule has 0 aliphatic carbocycles. The highest BCUT2D eigenvalue weighted by Crippen LogP contribution is 2.33. The van der Waals surface area contributed by atoms with E-state index in [0.717, 1.165) is 58.3 Å². The third-order valence-electron chi connectivity index (χ3n) is 5.40. The third kappa shape index (κ3) is 6.68. The van der Waals surface area contributed by atoms with E-state index in [1.165, 1.54) is 0 Å². The highest BCUT2D eigenvalue weighted by Gasteiger charge is 2.17. The van der Waals surface area contributed by atoms with Gasteiger partial charge in [-0.05, 0) is 30.5 Å². The summed E-state index contributed by atoms with van der Waals surface area (Å²) in [6.07, 6.45) is 2.14. The fourth-order valence-electron chi connectivity index (χ4n) is 3.97. The lowest BCUT2D eigenvalue weighted by Gasteiger charge is -2.13. The lowest BCUT2D eigenvalue weighted by Crippen LogP contribution is -2.28. The second kappa shape index (κ2) is 12.7. The summed E-state index contributed by atoms with van der Waals surface area (Å²) in [6.45, 7) is 6.30. The van der Waals surface area contributed by atoms with Gasteiger partial charge in [0.2, 0.25) is 11.9 Å². The number of carbonyl (C=O) groups excluding carboxylic acids is 1. The third-order valence-corrected chi connectivity index (χ3v) is 5.40. The van der Waals surface area contributed by atoms with Crippen LogP contribution in [0.4, 0.5) is 11.8 Å². The Kier molecular flexibility index (Phi) is 9.39. The van der Waals surface area contributed by atoms with Gasteiger partial charge >= 0.3 is 0 Å². The summed E-state index contributed by atoms with van der Waals surface area (Å²) in [5.74, 6) is 0.659. The Morgan fingerprint density at radius 3 is 2.57 bits per heavy atom. The Morgan fingerprint density at radius 1 is 1.09 bits per heavy atom. The zero-order valence-corrected chi connectivity index (χ0v) is 20.4. The molecule has 2 aromatic heterocycles. The molecule has 0 bridgehead atoms. The number of aliphatic hydroxyl groups excluding tert-OH is 1. The van der Waals surface area contributed by atoms with Crippen LogP contribution in [0, 0.1) is 0 Å². The van der Waals surface area contributed by atoms with Crippen molar-refractivity contribution in [2.45, 2.75) is 39.8 Å². The minimum atomic E-state index is -0.367. The smallest absolute Gasteiger partial charge is 0.231 e. The van der Waals surface area contributed by atoms with E-state index in [-0.39, 0.29) is 25.0 Å². The molecular weight excluding hydrogens is 442 g/mol. The van der Waals surface area contributed by atoms with Crippen molar-refractivity contribution in [1.29, 1.82) is 0 Å². The minimum absolute atomic E-state index is 0.155. The number of nitrogens with one attached hydrogen (secondary N) is 2. The maximum Gasteiger partial charge on any atom is 0.231 e. The number of primary amides is 1. The van der Waals surface area contributed by atoms with Gasteiger partial charge in [0.1, 0.15) is 11.0 Å². The van der Waals surface area contributed by atoms with Crippen LogP contribution >= 0.6 is 0 Å². The second-order valence-corrected chi connectivity index (χ2v) is 8.22. The van der Waals surface area contributed by atoms with Crippen molar-refractivity contribution in [2.75, 3.05) is 30.7 Å². The Hall–Kier alpha value is -3.69. The van der Waals surface area contributed by atoms with Crippen LogP contribution in [0.15, 0.2) is 48.5 Å². The van der Waals surface area contributed by atoms with E-state index in [2.05, 4.69) is 56.4 Å². The van der Waals surface area contributed by atoms with E-state index in [4.69, 9.17) is 16.6 Å². The fraction of sp³-hybridized carbons (Fsp3) is 0.346. The van der Waals surface area contributed by atoms with Crippen LogP contribution in [0.1, 0.15) is 37.8 Å². The number of anilines is 2. The molecule has 0 saturated carbocycles. The number of nitrogens with zero attached hydrogens (tertiary/aromatic N) is 3. The molecule has 4 aromatic rings. The molecule has 1 amide bonds. The monoisotopic (exact) mass is 477 g/mol. The molecule has 0 unspecified atom stereocenters. The average Bonchev–Trinajstić information content (AvgIpc) is 3.13. The summed E-state index contributed by atoms with van der Waals surface area (Å²) in [7, 11) is 0. The van der Waals surface area contributed by atoms with Crippen LogP contribution in [-0.4, -0.2) is 45.2 Å². The number of rotatable bonds is 10. The number of amides is 1. The first-order valence-corrected chi connectivity index (χ1v) is 11.9. The number of carbonyl (C=O) groups is 1. The van der Waals surface area contributed by atoms with E-state index in [1.54, 1.807) is 6.92 Å². The van der Waals surface area contributed by atoms with Crippen LogP contribution in [0.3, 0.4) is 0 Å². The lowest BCUT2D eigenvalue weighted by molar-refractivity contribution is -0.117. The van der Waals surface area contributed by atoms with Gasteiger partial charge in [-0.25, -0.2) is 4.98 Å². The summed E-state index contributed by atoms with van der Waals surface area (Å²) in [4.78, 5) is 20.1. The molecular formula is C26H35N7O2. The van der Waals surface area contributed by atoms with Gasteiger partial charge in [0, 0.05) is 31.6 Å². The molecule has 0 saturated heterocycles. The van der Waals surface area contributed by atoms with Crippen molar-refractivity contribution in [3.63, 3.8) is 0 Å². The zero-order chi connectivity index (χ0) is 25.2. The van der Waals surface area contributed by atoms with Gasteiger partial charge in [0.25, 0.3) is 0 Å². The predicted octanol–water partition coefficient (Wildman–Crippen LogP) is 3.00. The van der Waals surface area contributed by atoms with Gasteiger partial charge in [0.05, 0.1) is 12.1 Å². The molecule has 0 atom stereocenters. The number of aliphatic hydroxyl groups is 1. The summed E-state index contributed by atoms with van der Waals surface area (Å²) in [5, 5.41) is 15.1. The van der Waals surface area contributed by atoms with Crippen LogP contribution in [-0.2, 0) is 17.9 Å². The van der Waals surface area contributed by atoms with Crippen LogP contribution < -0.4 is 22.1 Å². The Labute approximate surface area is 205 Å². The Morgan fingerprint density at radius 2 is 1.83 bits per heavy atom. The van der Waals surface area contributed by atoms with E-state index in [0.29, 0.717) is 13.1 Å². The first kappa shape index (κ1) is 25.9. The van der Waals surface area contributed by atoms with Crippen molar-refractivity contribution >= 4 is 39.6 Å². The Bertz CT molecular complexity index is 1270. The SMILES string of the molecule is CCCCNc1nc(N)nc2c3ccccc3n(Cc3cccc(CNCC(N)=O)c3)c12.CCO. The summed E-state index contributed by atoms with van der Waals surface area (Å²) < 4.78 is 2.24. The van der Waals surface area contributed by atoms with Gasteiger partial charge in [0.15, 0.2) is 5.82 Å². The number of hydrogen-bond acceptors (Lipinski definition) is 7. The molecule has 35 heavy (non-hydrogen) atoms. The van der Waals surface area contributed by atoms with Crippen molar-refractivity contribution in [3.05, 3.63) is 59.7 Å². The van der Waals surface area contributed by atoms with Crippen molar-refractivity contribution in [3.8, 4) is 0 Å². The first-order valence-electron chi connectivity index (χ1n) is 11.9. The van der Waals surface area contributed by atoms with Crippen molar-refractivity contribution < 1.29 is 9.90 Å². The van der Waals surface area contributed by atoms with Gasteiger partial charge < -0.3 is 31.8 Å². The van der Waals surface area contributed by atoms with Crippen LogP contribution in [0.2, 0.25) is 0 Å². The quantitative estimate of drug-likeness (QED) is 0.221. The first-order chi connectivity index (χ1) is 17.0. The fourth-order valence-corrected chi connectivity index (χ4v) is 3.97. The number of nitrogen functional groups attached to an aromatic ring is 1. The topological polar surface area (TPSA) is 144 Å². The number of fused-ring (bicyclic) bond motifs is 3. The molecule has 4 rings (SSSR count). The van der Waals surface area contributed by atoms with Gasteiger partial charge in [-0.2, -0.15) is 4.98 Å². The van der Waals surface area contributed by atoms with E-state index in [9.17, 15) is 4.79 Å². The highest BCUT2D eigenvalue weighted by atomic mass is 16.2. The van der Waals surface area contributed by atoms with Crippen LogP contribution in [0.5, 0.6) is 0 Å². The minimum Gasteiger partial charge on any atom is -0.397 e. The summed E-state index contributed by atoms with van der Waals surface area (Å²) in [5.41, 5.74) is 16.4. The molecule has 9 heteroatoms. The zero-order valence-electron chi connectivity index (χ0n) is 20.4. The van der Waals surface area contributed by atoms with Crippen molar-refractivity contribution in [2.24, 2.45) is 5.73 Å². The molecule has 0 fully saturated rings. The molecule has 0 aliphatic heterocycles. The predicted molar refractivity (Wildman–Crippen MR) is 142 cm³/mol. The maximum absolute atomic E-state index is 11.0. The molecule has 7 N–H and O–H groups in total. The number of aromatic nitrogens is 3. The second-order valence-electron chi connectivity index (χ2n) is 8.22. The van der Waals surface area contributed by atoms with Gasteiger partial charge in [-0.1, -0.05) is 55.8 Å². The number of nitrogens with two attached hydrogens (primary N) is 2. The highest BCUT2D eigenvalue weighted by molar-refractivity contribution is 6.09. The van der Waals surface area contributed by atoms with Gasteiger partial charge in [-0.15, -0.1) is 0 Å². The lowest BCUT2D eigenvalue weighted by atomic mass is 10.1. The standard InChI is InChI=1S/C24H29N7O.C2H6O/c1-2-3-11-28-23-22-21(29-24(26)30-23)18-9-4-5-10-19(18)31(22)15-17-8-6-7-16(12-17)13-27-14-20(25)32;1-2-3/h4-10,12,27H,2-3,11,13-15H2,1H3,(H2,25,32)(H3,26,28,29,30);3H,2H2,1H3. The molecule has 9 nitrogen and oxygen atoms in total.